The van der Waals surface area contributed by atoms with Gasteiger partial charge in [0.1, 0.15) is 11.6 Å². The number of carbonyl (C=O) groups is 2. The topological polar surface area (TPSA) is 116 Å². The smallest absolute Gasteiger partial charge is 0.411 e. The Bertz CT molecular complexity index is 397. The zero-order chi connectivity index (χ0) is 13.9. The van der Waals surface area contributed by atoms with E-state index in [-0.39, 0.29) is 13.0 Å². The Hall–Kier alpha value is -1.95. The van der Waals surface area contributed by atoms with Crippen molar-refractivity contribution < 1.29 is 19.4 Å². The number of carboxylic acid groups (broad SMARTS) is 1. The lowest BCUT2D eigenvalue weighted by atomic mass is 10.2. The first-order valence-electron chi connectivity index (χ1n) is 5.51. The number of carboxylic acids is 1. The fourth-order valence-electron chi connectivity index (χ4n) is 1.73. The molecule has 8 heteroatoms. The van der Waals surface area contributed by atoms with Crippen LogP contribution in [-0.2, 0) is 9.53 Å². The largest absolute Gasteiger partial charge is 0.480 e. The molecule has 1 aliphatic heterocycles. The van der Waals surface area contributed by atoms with Gasteiger partial charge in [0.15, 0.2) is 0 Å². The number of hydrogen-bond donors (Lipinski definition) is 1. The maximum atomic E-state index is 11.8. The monoisotopic (exact) mass is 256 g/mol. The molecule has 2 atom stereocenters. The fourth-order valence-corrected chi connectivity index (χ4v) is 1.73. The van der Waals surface area contributed by atoms with Crippen LogP contribution in [0.4, 0.5) is 4.79 Å². The molecule has 0 bridgehead atoms. The molecule has 1 amide bonds. The normalized spacial score (nSPS) is 23.4. The molecular formula is C10H16N4O4. The fraction of sp³-hybridized carbons (Fsp3) is 0.800. The van der Waals surface area contributed by atoms with Crippen LogP contribution in [0.2, 0.25) is 0 Å². The van der Waals surface area contributed by atoms with Gasteiger partial charge in [0.25, 0.3) is 0 Å². The van der Waals surface area contributed by atoms with Crippen molar-refractivity contribution in [1.29, 1.82) is 0 Å². The molecule has 1 N–H and O–H groups in total. The maximum absolute atomic E-state index is 11.8. The molecule has 0 aliphatic carbocycles. The van der Waals surface area contributed by atoms with Crippen molar-refractivity contribution in [1.82, 2.24) is 4.90 Å². The van der Waals surface area contributed by atoms with Crippen molar-refractivity contribution in [2.45, 2.75) is 44.9 Å². The number of azide groups is 1. The molecule has 100 valence electrons. The van der Waals surface area contributed by atoms with Crippen LogP contribution in [0, 0.1) is 0 Å². The van der Waals surface area contributed by atoms with E-state index in [0.29, 0.717) is 0 Å². The second-order valence-corrected chi connectivity index (χ2v) is 5.08. The van der Waals surface area contributed by atoms with Crippen molar-refractivity contribution in [2.75, 3.05) is 6.54 Å². The van der Waals surface area contributed by atoms with Gasteiger partial charge in [-0.1, -0.05) is 5.11 Å². The minimum Gasteiger partial charge on any atom is -0.480 e. The molecule has 1 heterocycles. The number of rotatable bonds is 2. The lowest BCUT2D eigenvalue weighted by Gasteiger charge is -2.26. The van der Waals surface area contributed by atoms with Gasteiger partial charge in [-0.15, -0.1) is 0 Å². The summed E-state index contributed by atoms with van der Waals surface area (Å²) in [5.74, 6) is -1.13. The molecule has 1 unspecified atom stereocenters. The average molecular weight is 256 g/mol. The number of ether oxygens (including phenoxy) is 1. The Morgan fingerprint density at radius 2 is 2.11 bits per heavy atom. The molecule has 0 aromatic carbocycles. The summed E-state index contributed by atoms with van der Waals surface area (Å²) in [4.78, 5) is 26.6. The van der Waals surface area contributed by atoms with Crippen LogP contribution < -0.4 is 0 Å². The SMILES string of the molecule is CC(C)(C)OC(=O)N1CC(N=[N+]=[N-])C[C@H]1C(=O)O. The van der Waals surface area contributed by atoms with Crippen molar-refractivity contribution in [2.24, 2.45) is 5.11 Å². The third kappa shape index (κ3) is 3.53. The summed E-state index contributed by atoms with van der Waals surface area (Å²) in [5, 5.41) is 12.5. The van der Waals surface area contributed by atoms with Gasteiger partial charge in [-0.2, -0.15) is 0 Å². The average Bonchev–Trinajstić information content (AvgIpc) is 2.59. The predicted octanol–water partition coefficient (Wildman–Crippen LogP) is 1.76. The molecule has 0 aromatic heterocycles. The van der Waals surface area contributed by atoms with E-state index in [1.165, 1.54) is 0 Å². The Morgan fingerprint density at radius 1 is 1.50 bits per heavy atom. The van der Waals surface area contributed by atoms with Gasteiger partial charge in [0.2, 0.25) is 0 Å². The highest BCUT2D eigenvalue weighted by Gasteiger charge is 2.41. The van der Waals surface area contributed by atoms with Crippen LogP contribution >= 0.6 is 0 Å². The van der Waals surface area contributed by atoms with Gasteiger partial charge < -0.3 is 9.84 Å². The van der Waals surface area contributed by atoms with Crippen molar-refractivity contribution in [3.8, 4) is 0 Å². The molecule has 18 heavy (non-hydrogen) atoms. The van der Waals surface area contributed by atoms with E-state index in [1.807, 2.05) is 0 Å². The van der Waals surface area contributed by atoms with Crippen LogP contribution in [-0.4, -0.2) is 46.3 Å². The van der Waals surface area contributed by atoms with Gasteiger partial charge in [-0.25, -0.2) is 9.59 Å². The Balaban J connectivity index is 2.81. The summed E-state index contributed by atoms with van der Waals surface area (Å²) in [7, 11) is 0. The second-order valence-electron chi connectivity index (χ2n) is 5.08. The quantitative estimate of drug-likeness (QED) is 0.460. The van der Waals surface area contributed by atoms with Crippen LogP contribution in [0.1, 0.15) is 27.2 Å². The van der Waals surface area contributed by atoms with Gasteiger partial charge in [0, 0.05) is 11.5 Å². The first kappa shape index (κ1) is 14.1. The third-order valence-corrected chi connectivity index (χ3v) is 2.41. The van der Waals surface area contributed by atoms with Gasteiger partial charge in [-0.3, -0.25) is 4.90 Å². The van der Waals surface area contributed by atoms with Crippen LogP contribution in [0.15, 0.2) is 5.11 Å². The summed E-state index contributed by atoms with van der Waals surface area (Å²) in [6.07, 6.45) is -0.593. The highest BCUT2D eigenvalue weighted by atomic mass is 16.6. The molecule has 1 fully saturated rings. The third-order valence-electron chi connectivity index (χ3n) is 2.41. The number of nitrogens with zero attached hydrogens (tertiary/aromatic N) is 4. The predicted molar refractivity (Wildman–Crippen MR) is 61.9 cm³/mol. The van der Waals surface area contributed by atoms with E-state index in [9.17, 15) is 9.59 Å². The number of aliphatic carboxylic acids is 1. The number of hydrogen-bond acceptors (Lipinski definition) is 4. The maximum Gasteiger partial charge on any atom is 0.411 e. The molecule has 1 saturated heterocycles. The highest BCUT2D eigenvalue weighted by Crippen LogP contribution is 2.23. The molecule has 1 rings (SSSR count). The van der Waals surface area contributed by atoms with Gasteiger partial charge in [0.05, 0.1) is 6.04 Å². The highest BCUT2D eigenvalue weighted by molar-refractivity contribution is 5.81. The second kappa shape index (κ2) is 5.14. The molecule has 0 spiro atoms. The van der Waals surface area contributed by atoms with Gasteiger partial charge >= 0.3 is 12.1 Å². The Labute approximate surface area is 104 Å². The summed E-state index contributed by atoms with van der Waals surface area (Å²) >= 11 is 0. The van der Waals surface area contributed by atoms with E-state index in [2.05, 4.69) is 10.0 Å². The number of amides is 1. The van der Waals surface area contributed by atoms with Crippen molar-refractivity contribution >= 4 is 12.1 Å². The summed E-state index contributed by atoms with van der Waals surface area (Å²) in [6.45, 7) is 5.15. The molecular weight excluding hydrogens is 240 g/mol. The van der Waals surface area contributed by atoms with Crippen molar-refractivity contribution in [3.05, 3.63) is 10.4 Å². The lowest BCUT2D eigenvalue weighted by molar-refractivity contribution is -0.142. The van der Waals surface area contributed by atoms with Crippen LogP contribution in [0.5, 0.6) is 0 Å². The van der Waals surface area contributed by atoms with Crippen molar-refractivity contribution in [3.63, 3.8) is 0 Å². The molecule has 8 nitrogen and oxygen atoms in total. The molecule has 0 radical (unpaired) electrons. The van der Waals surface area contributed by atoms with E-state index in [4.69, 9.17) is 15.4 Å². The Morgan fingerprint density at radius 3 is 2.56 bits per heavy atom. The summed E-state index contributed by atoms with van der Waals surface area (Å²) in [5.41, 5.74) is 7.64. The zero-order valence-electron chi connectivity index (χ0n) is 10.5. The standard InChI is InChI=1S/C10H16N4O4/c1-10(2,3)18-9(17)14-5-6(12-13-11)4-7(14)8(15)16/h6-7H,4-5H2,1-3H3,(H,15,16)/t6?,7-/m0/s1. The van der Waals surface area contributed by atoms with Gasteiger partial charge in [-0.05, 0) is 32.7 Å². The molecule has 0 aromatic rings. The summed E-state index contributed by atoms with van der Waals surface area (Å²) < 4.78 is 5.12. The minimum absolute atomic E-state index is 0.0654. The van der Waals surface area contributed by atoms with E-state index >= 15 is 0 Å². The first-order valence-corrected chi connectivity index (χ1v) is 5.51. The number of carbonyl (C=O) groups excluding carboxylic acids is 1. The molecule has 1 aliphatic rings. The number of likely N-dealkylation sites (tertiary alicyclic amines) is 1. The lowest BCUT2D eigenvalue weighted by Crippen LogP contribution is -2.43. The zero-order valence-corrected chi connectivity index (χ0v) is 10.5. The first-order chi connectivity index (χ1) is 8.24. The summed E-state index contributed by atoms with van der Waals surface area (Å²) in [6, 6.07) is -1.53. The van der Waals surface area contributed by atoms with Crippen LogP contribution in [0.25, 0.3) is 10.4 Å². The molecule has 0 saturated carbocycles. The van der Waals surface area contributed by atoms with E-state index < -0.39 is 29.7 Å². The van der Waals surface area contributed by atoms with E-state index in [0.717, 1.165) is 4.90 Å². The van der Waals surface area contributed by atoms with Crippen LogP contribution in [0.3, 0.4) is 0 Å². The van der Waals surface area contributed by atoms with E-state index in [1.54, 1.807) is 20.8 Å². The minimum atomic E-state index is -1.13. The Kier molecular flexibility index (Phi) is 4.03.